The molecule has 16 heavy (non-hydrogen) atoms. The molecule has 0 unspecified atom stereocenters. The van der Waals surface area contributed by atoms with Gasteiger partial charge in [-0.1, -0.05) is 0 Å². The van der Waals surface area contributed by atoms with Crippen LogP contribution in [0.2, 0.25) is 0 Å². The summed E-state index contributed by atoms with van der Waals surface area (Å²) < 4.78 is 8.49. The molecular weight excluding hydrogens is 216 g/mol. The van der Waals surface area contributed by atoms with Gasteiger partial charge in [0.2, 0.25) is 0 Å². The Morgan fingerprint density at radius 1 is 0.750 bits per heavy atom. The molecule has 0 amide bonds. The van der Waals surface area contributed by atoms with Gasteiger partial charge in [-0.15, -0.1) is 0 Å². The van der Waals surface area contributed by atoms with Crippen molar-refractivity contribution in [2.45, 2.75) is 52.7 Å². The maximum atomic E-state index is 9.68. The highest BCUT2D eigenvalue weighted by Crippen LogP contribution is 2.05. The zero-order valence-electron chi connectivity index (χ0n) is 10.4. The quantitative estimate of drug-likeness (QED) is 0.558. The molecule has 0 saturated carbocycles. The van der Waals surface area contributed by atoms with Crippen molar-refractivity contribution >= 4 is 12.3 Å². The summed E-state index contributed by atoms with van der Waals surface area (Å²) >= 11 is 0. The minimum atomic E-state index is -1.47. The fourth-order valence-corrected chi connectivity index (χ4v) is 0.500. The van der Waals surface area contributed by atoms with Gasteiger partial charge in [0.05, 0.1) is 0 Å². The zero-order valence-corrected chi connectivity index (χ0v) is 10.4. The fourth-order valence-electron chi connectivity index (χ4n) is 0.500. The first kappa shape index (κ1) is 17.0. The minimum Gasteiger partial charge on any atom is -0.544 e. The van der Waals surface area contributed by atoms with Crippen LogP contribution in [0, 0.1) is 0 Å². The highest BCUT2D eigenvalue weighted by molar-refractivity contribution is 5.54. The summed E-state index contributed by atoms with van der Waals surface area (Å²) in [5, 5.41) is 19.4. The van der Waals surface area contributed by atoms with Gasteiger partial charge in [-0.25, -0.2) is 0 Å². The maximum Gasteiger partial charge on any atom is 0.252 e. The Labute approximate surface area is 95.2 Å². The highest BCUT2D eigenvalue weighted by Gasteiger charge is 2.06. The third kappa shape index (κ3) is 22.9. The normalized spacial score (nSPS) is 10.9. The molecule has 96 valence electrons. The van der Waals surface area contributed by atoms with Gasteiger partial charge in [-0.05, 0) is 41.5 Å². The molecule has 0 spiro atoms. The Morgan fingerprint density at radius 3 is 0.938 bits per heavy atom. The van der Waals surface area contributed by atoms with Crippen molar-refractivity contribution in [3.05, 3.63) is 0 Å². The number of rotatable bonds is 0. The summed E-state index contributed by atoms with van der Waals surface area (Å²) in [5.41, 5.74) is -1.28. The van der Waals surface area contributed by atoms with E-state index in [0.29, 0.717) is 0 Å². The van der Waals surface area contributed by atoms with Crippen molar-refractivity contribution in [2.75, 3.05) is 0 Å². The summed E-state index contributed by atoms with van der Waals surface area (Å²) in [6, 6.07) is 0. The summed E-state index contributed by atoms with van der Waals surface area (Å²) in [5.74, 6) is 0. The van der Waals surface area contributed by atoms with Crippen LogP contribution in [0.5, 0.6) is 0 Å². The van der Waals surface area contributed by atoms with E-state index in [2.05, 4.69) is 9.47 Å². The molecular formula is C10H18O6-2. The third-order valence-electron chi connectivity index (χ3n) is 0.779. The number of carbonyl (C=O) groups excluding carboxylic acids is 2. The van der Waals surface area contributed by atoms with Gasteiger partial charge < -0.3 is 29.3 Å². The van der Waals surface area contributed by atoms with Crippen molar-refractivity contribution in [3.8, 4) is 0 Å². The number of carbonyl (C=O) groups is 2. The molecule has 0 fully saturated rings. The molecule has 0 aromatic heterocycles. The smallest absolute Gasteiger partial charge is 0.252 e. The molecule has 0 bridgehead atoms. The molecule has 0 aromatic rings. The lowest BCUT2D eigenvalue weighted by molar-refractivity contribution is -0.293. The average Bonchev–Trinajstić information content (AvgIpc) is 1.72. The summed E-state index contributed by atoms with van der Waals surface area (Å²) in [6.07, 6.45) is -2.95. The van der Waals surface area contributed by atoms with Crippen molar-refractivity contribution in [2.24, 2.45) is 0 Å². The van der Waals surface area contributed by atoms with E-state index in [1.807, 2.05) is 0 Å². The van der Waals surface area contributed by atoms with Crippen LogP contribution in [-0.2, 0) is 9.47 Å². The minimum absolute atomic E-state index is 0.640. The van der Waals surface area contributed by atoms with Crippen LogP contribution in [0.25, 0.3) is 0 Å². The number of hydrogen-bond donors (Lipinski definition) is 0. The zero-order chi connectivity index (χ0) is 13.6. The summed E-state index contributed by atoms with van der Waals surface area (Å²) in [4.78, 5) is 19.4. The molecule has 0 radical (unpaired) electrons. The topological polar surface area (TPSA) is 98.7 Å². The van der Waals surface area contributed by atoms with E-state index >= 15 is 0 Å². The number of hydrogen-bond acceptors (Lipinski definition) is 6. The van der Waals surface area contributed by atoms with Gasteiger partial charge in [-0.3, -0.25) is 0 Å². The van der Waals surface area contributed by atoms with E-state index in [1.54, 1.807) is 41.5 Å². The second kappa shape index (κ2) is 6.19. The highest BCUT2D eigenvalue weighted by atomic mass is 16.7. The summed E-state index contributed by atoms with van der Waals surface area (Å²) in [7, 11) is 0. The SMILES string of the molecule is CC(C)(C)OC(=O)[O-].CC(C)(C)OC(=O)[O-]. The van der Waals surface area contributed by atoms with Crippen LogP contribution in [-0.4, -0.2) is 23.5 Å². The second-order valence-electron chi connectivity index (χ2n) is 4.93. The molecule has 0 atom stereocenters. The van der Waals surface area contributed by atoms with Gasteiger partial charge in [-0.2, -0.15) is 0 Å². The van der Waals surface area contributed by atoms with Crippen LogP contribution in [0.3, 0.4) is 0 Å². The van der Waals surface area contributed by atoms with Crippen LogP contribution in [0.15, 0.2) is 0 Å². The van der Waals surface area contributed by atoms with E-state index in [1.165, 1.54) is 0 Å². The van der Waals surface area contributed by atoms with Crippen molar-refractivity contribution in [3.63, 3.8) is 0 Å². The second-order valence-corrected chi connectivity index (χ2v) is 4.93. The van der Waals surface area contributed by atoms with Crippen LogP contribution in [0.1, 0.15) is 41.5 Å². The van der Waals surface area contributed by atoms with E-state index in [9.17, 15) is 19.8 Å². The van der Waals surface area contributed by atoms with Gasteiger partial charge in [0, 0.05) is 11.2 Å². The molecule has 0 rings (SSSR count). The van der Waals surface area contributed by atoms with Gasteiger partial charge >= 0.3 is 0 Å². The van der Waals surface area contributed by atoms with Gasteiger partial charge in [0.15, 0.2) is 0 Å². The maximum absolute atomic E-state index is 9.68. The average molecular weight is 234 g/mol. The molecule has 6 heteroatoms. The fraction of sp³-hybridized carbons (Fsp3) is 0.800. The first-order valence-electron chi connectivity index (χ1n) is 4.63. The van der Waals surface area contributed by atoms with Crippen molar-refractivity contribution < 1.29 is 29.3 Å². The number of carboxylic acid groups (broad SMARTS) is 2. The lowest BCUT2D eigenvalue weighted by Gasteiger charge is -2.24. The third-order valence-corrected chi connectivity index (χ3v) is 0.779. The molecule has 6 nitrogen and oxygen atoms in total. The van der Waals surface area contributed by atoms with E-state index in [4.69, 9.17) is 0 Å². The summed E-state index contributed by atoms with van der Waals surface area (Å²) in [6.45, 7) is 9.85. The Hall–Kier alpha value is -1.46. The van der Waals surface area contributed by atoms with Crippen LogP contribution >= 0.6 is 0 Å². The van der Waals surface area contributed by atoms with E-state index in [-0.39, 0.29) is 0 Å². The van der Waals surface area contributed by atoms with E-state index in [0.717, 1.165) is 0 Å². The lowest BCUT2D eigenvalue weighted by Crippen LogP contribution is -2.32. The molecule has 0 aliphatic rings. The predicted molar refractivity (Wildman–Crippen MR) is 52.5 cm³/mol. The predicted octanol–water partition coefficient (Wildman–Crippen LogP) is 0.290. The Bertz CT molecular complexity index is 207. The Balaban J connectivity index is 0. The molecule has 0 N–H and O–H groups in total. The van der Waals surface area contributed by atoms with Crippen molar-refractivity contribution in [1.82, 2.24) is 0 Å². The molecule has 0 aliphatic carbocycles. The first-order valence-corrected chi connectivity index (χ1v) is 4.63. The van der Waals surface area contributed by atoms with Crippen molar-refractivity contribution in [1.29, 1.82) is 0 Å². The van der Waals surface area contributed by atoms with Gasteiger partial charge in [0.1, 0.15) is 0 Å². The molecule has 0 saturated heterocycles. The van der Waals surface area contributed by atoms with Gasteiger partial charge in [0.25, 0.3) is 12.3 Å². The standard InChI is InChI=1S/2C5H10O3/c2*1-5(2,3)8-4(6)7/h2*1-3H3,(H,6,7)/p-2. The number of ether oxygens (including phenoxy) is 2. The molecule has 0 heterocycles. The molecule has 0 aliphatic heterocycles. The monoisotopic (exact) mass is 234 g/mol. The van der Waals surface area contributed by atoms with Crippen LogP contribution in [0.4, 0.5) is 9.59 Å². The Morgan fingerprint density at radius 2 is 0.938 bits per heavy atom. The van der Waals surface area contributed by atoms with E-state index < -0.39 is 23.5 Å². The first-order chi connectivity index (χ1) is 6.83. The Kier molecular flexibility index (Phi) is 6.56. The molecule has 0 aromatic carbocycles. The largest absolute Gasteiger partial charge is 0.544 e. The van der Waals surface area contributed by atoms with Crippen LogP contribution < -0.4 is 10.2 Å². The lowest BCUT2D eigenvalue weighted by atomic mass is 10.2.